The smallest absolute Gasteiger partial charge is 0.0569 e. The van der Waals surface area contributed by atoms with Crippen molar-refractivity contribution in [3.8, 4) is 0 Å². The fraction of sp³-hybridized carbons (Fsp3) is 1.00. The van der Waals surface area contributed by atoms with Crippen LogP contribution < -0.4 is 5.73 Å². The van der Waals surface area contributed by atoms with E-state index in [2.05, 4.69) is 4.90 Å². The molecule has 0 aliphatic carbocycles. The maximum Gasteiger partial charge on any atom is 0.0569 e. The first-order valence-electron chi connectivity index (χ1n) is 5.35. The van der Waals surface area contributed by atoms with Gasteiger partial charge in [-0.05, 0) is 25.9 Å². The largest absolute Gasteiger partial charge is 0.380 e. The number of hydrogen-bond acceptors (Lipinski definition) is 3. The topological polar surface area (TPSA) is 38.5 Å². The molecule has 0 bridgehead atoms. The quantitative estimate of drug-likeness (QED) is 0.692. The summed E-state index contributed by atoms with van der Waals surface area (Å²) in [5, 5.41) is 0. The second kappa shape index (κ2) is 3.95. The molecule has 2 aliphatic rings. The molecule has 0 unspecified atom stereocenters. The first kappa shape index (κ1) is 9.44. The summed E-state index contributed by atoms with van der Waals surface area (Å²) >= 11 is 0. The molecule has 2 fully saturated rings. The van der Waals surface area contributed by atoms with Crippen molar-refractivity contribution in [1.29, 1.82) is 0 Å². The zero-order valence-corrected chi connectivity index (χ0v) is 8.30. The van der Waals surface area contributed by atoms with Crippen molar-refractivity contribution in [2.75, 3.05) is 39.4 Å². The number of nitrogens with zero attached hydrogens (tertiary/aromatic N) is 1. The van der Waals surface area contributed by atoms with E-state index < -0.39 is 0 Å². The minimum atomic E-state index is 0.303. The number of hydrogen-bond donors (Lipinski definition) is 1. The summed E-state index contributed by atoms with van der Waals surface area (Å²) in [5.74, 6) is 0. The second-order valence-electron chi connectivity index (χ2n) is 4.53. The van der Waals surface area contributed by atoms with Gasteiger partial charge in [-0.3, -0.25) is 0 Å². The van der Waals surface area contributed by atoms with E-state index in [4.69, 9.17) is 10.5 Å². The van der Waals surface area contributed by atoms with Crippen LogP contribution in [-0.2, 0) is 4.74 Å². The highest BCUT2D eigenvalue weighted by Crippen LogP contribution is 2.28. The first-order chi connectivity index (χ1) is 6.35. The van der Waals surface area contributed by atoms with Crippen LogP contribution in [0, 0.1) is 5.41 Å². The van der Waals surface area contributed by atoms with Gasteiger partial charge in [0.15, 0.2) is 0 Å². The Labute approximate surface area is 80.2 Å². The van der Waals surface area contributed by atoms with Gasteiger partial charge in [-0.1, -0.05) is 6.42 Å². The van der Waals surface area contributed by atoms with Gasteiger partial charge in [0, 0.05) is 18.5 Å². The third-order valence-electron chi connectivity index (χ3n) is 3.26. The summed E-state index contributed by atoms with van der Waals surface area (Å²) in [7, 11) is 0. The standard InChI is InChI=1S/C10H20N2O/c11-6-10(8-13-9-10)7-12-4-2-1-3-5-12/h1-9,11H2. The van der Waals surface area contributed by atoms with Crippen molar-refractivity contribution in [3.63, 3.8) is 0 Å². The van der Waals surface area contributed by atoms with Crippen LogP contribution in [0.1, 0.15) is 19.3 Å². The summed E-state index contributed by atoms with van der Waals surface area (Å²) in [6.45, 7) is 6.22. The van der Waals surface area contributed by atoms with E-state index in [1.165, 1.54) is 32.4 Å². The van der Waals surface area contributed by atoms with Gasteiger partial charge in [-0.2, -0.15) is 0 Å². The predicted molar refractivity (Wildman–Crippen MR) is 52.6 cm³/mol. The molecule has 0 atom stereocenters. The lowest BCUT2D eigenvalue weighted by atomic mass is 9.85. The average Bonchev–Trinajstić information content (AvgIpc) is 2.13. The molecule has 0 spiro atoms. The Hall–Kier alpha value is -0.120. The summed E-state index contributed by atoms with van der Waals surface area (Å²) < 4.78 is 5.26. The number of likely N-dealkylation sites (tertiary alicyclic amines) is 1. The molecular weight excluding hydrogens is 164 g/mol. The van der Waals surface area contributed by atoms with Crippen LogP contribution >= 0.6 is 0 Å². The molecule has 2 saturated heterocycles. The molecule has 3 heteroatoms. The second-order valence-corrected chi connectivity index (χ2v) is 4.53. The van der Waals surface area contributed by atoms with E-state index in [-0.39, 0.29) is 0 Å². The molecule has 2 N–H and O–H groups in total. The third kappa shape index (κ3) is 2.03. The fourth-order valence-electron chi connectivity index (χ4n) is 2.26. The first-order valence-corrected chi connectivity index (χ1v) is 5.35. The summed E-state index contributed by atoms with van der Waals surface area (Å²) in [5.41, 5.74) is 6.08. The number of nitrogens with two attached hydrogens (primary N) is 1. The van der Waals surface area contributed by atoms with Gasteiger partial charge >= 0.3 is 0 Å². The fourth-order valence-corrected chi connectivity index (χ4v) is 2.26. The molecule has 0 aromatic heterocycles. The minimum Gasteiger partial charge on any atom is -0.380 e. The van der Waals surface area contributed by atoms with Gasteiger partial charge in [0.05, 0.1) is 13.2 Å². The molecule has 2 rings (SSSR count). The van der Waals surface area contributed by atoms with Crippen molar-refractivity contribution < 1.29 is 4.74 Å². The van der Waals surface area contributed by atoms with E-state index in [1.54, 1.807) is 0 Å². The third-order valence-corrected chi connectivity index (χ3v) is 3.26. The molecule has 0 aromatic rings. The molecule has 0 aromatic carbocycles. The predicted octanol–water partition coefficient (Wildman–Crippen LogP) is 0.448. The zero-order chi connectivity index (χ0) is 9.15. The molecule has 76 valence electrons. The van der Waals surface area contributed by atoms with Gasteiger partial charge in [-0.15, -0.1) is 0 Å². The molecular formula is C10H20N2O. The SMILES string of the molecule is NCC1(CN2CCCCC2)COC1. The zero-order valence-electron chi connectivity index (χ0n) is 8.30. The van der Waals surface area contributed by atoms with Gasteiger partial charge in [-0.25, -0.2) is 0 Å². The minimum absolute atomic E-state index is 0.303. The van der Waals surface area contributed by atoms with E-state index in [0.717, 1.165) is 26.3 Å². The molecule has 3 nitrogen and oxygen atoms in total. The van der Waals surface area contributed by atoms with Crippen LogP contribution in [-0.4, -0.2) is 44.3 Å². The maximum atomic E-state index is 5.78. The highest BCUT2D eigenvalue weighted by molar-refractivity contribution is 4.90. The van der Waals surface area contributed by atoms with Crippen LogP contribution in [0.4, 0.5) is 0 Å². The lowest BCUT2D eigenvalue weighted by molar-refractivity contribution is -0.121. The van der Waals surface area contributed by atoms with Crippen LogP contribution in [0.5, 0.6) is 0 Å². The molecule has 2 aliphatic heterocycles. The Kier molecular flexibility index (Phi) is 2.86. The maximum absolute atomic E-state index is 5.78. The van der Waals surface area contributed by atoms with E-state index >= 15 is 0 Å². The normalized spacial score (nSPS) is 28.4. The highest BCUT2D eigenvalue weighted by Gasteiger charge is 2.38. The molecule has 0 amide bonds. The Morgan fingerprint density at radius 2 is 1.85 bits per heavy atom. The van der Waals surface area contributed by atoms with E-state index in [1.807, 2.05) is 0 Å². The number of rotatable bonds is 3. The van der Waals surface area contributed by atoms with Crippen molar-refractivity contribution in [2.24, 2.45) is 11.1 Å². The number of piperidine rings is 1. The Morgan fingerprint density at radius 1 is 1.15 bits per heavy atom. The van der Waals surface area contributed by atoms with Crippen LogP contribution in [0.3, 0.4) is 0 Å². The van der Waals surface area contributed by atoms with Crippen molar-refractivity contribution in [1.82, 2.24) is 4.90 Å². The van der Waals surface area contributed by atoms with Gasteiger partial charge in [0.25, 0.3) is 0 Å². The van der Waals surface area contributed by atoms with E-state index in [0.29, 0.717) is 5.41 Å². The molecule has 0 saturated carbocycles. The Balaban J connectivity index is 1.81. The monoisotopic (exact) mass is 184 g/mol. The molecule has 13 heavy (non-hydrogen) atoms. The van der Waals surface area contributed by atoms with Gasteiger partial charge in [0.1, 0.15) is 0 Å². The van der Waals surface area contributed by atoms with Crippen molar-refractivity contribution in [2.45, 2.75) is 19.3 Å². The van der Waals surface area contributed by atoms with E-state index in [9.17, 15) is 0 Å². The van der Waals surface area contributed by atoms with Crippen molar-refractivity contribution >= 4 is 0 Å². The molecule has 0 radical (unpaired) electrons. The van der Waals surface area contributed by atoms with Crippen molar-refractivity contribution in [3.05, 3.63) is 0 Å². The van der Waals surface area contributed by atoms with Crippen LogP contribution in [0.15, 0.2) is 0 Å². The average molecular weight is 184 g/mol. The molecule has 2 heterocycles. The highest BCUT2D eigenvalue weighted by atomic mass is 16.5. The summed E-state index contributed by atoms with van der Waals surface area (Å²) in [6, 6.07) is 0. The van der Waals surface area contributed by atoms with Crippen LogP contribution in [0.2, 0.25) is 0 Å². The lowest BCUT2D eigenvalue weighted by Gasteiger charge is -2.44. The summed E-state index contributed by atoms with van der Waals surface area (Å²) in [4.78, 5) is 2.55. The Bertz CT molecular complexity index is 157. The van der Waals surface area contributed by atoms with Gasteiger partial charge < -0.3 is 15.4 Å². The summed E-state index contributed by atoms with van der Waals surface area (Å²) in [6.07, 6.45) is 4.13. The Morgan fingerprint density at radius 3 is 2.31 bits per heavy atom. The van der Waals surface area contributed by atoms with Gasteiger partial charge in [0.2, 0.25) is 0 Å². The number of ether oxygens (including phenoxy) is 1. The lowest BCUT2D eigenvalue weighted by Crippen LogP contribution is -2.55. The van der Waals surface area contributed by atoms with Crippen LogP contribution in [0.25, 0.3) is 0 Å².